The molecule has 31 heavy (non-hydrogen) atoms. The number of nitrogens with one attached hydrogen (secondary N) is 2. The second-order valence-corrected chi connectivity index (χ2v) is 6.48. The Labute approximate surface area is 178 Å². The number of hydrogen-bond acceptors (Lipinski definition) is 6. The van der Waals surface area contributed by atoms with E-state index in [2.05, 4.69) is 20.8 Å². The third-order valence-corrected chi connectivity index (χ3v) is 4.30. The van der Waals surface area contributed by atoms with E-state index in [0.29, 0.717) is 22.6 Å². The number of nitrogens with zero attached hydrogens (tertiary/aromatic N) is 2. The minimum atomic E-state index is -0.581. The van der Waals surface area contributed by atoms with E-state index >= 15 is 0 Å². The normalized spacial score (nSPS) is 12.6. The van der Waals surface area contributed by atoms with Crippen LogP contribution in [0.25, 0.3) is 6.08 Å². The molecule has 0 radical (unpaired) electrons. The van der Waals surface area contributed by atoms with Crippen LogP contribution < -0.4 is 20.2 Å². The highest BCUT2D eigenvalue weighted by atomic mass is 16.7. The van der Waals surface area contributed by atoms with Gasteiger partial charge in [0.15, 0.2) is 11.5 Å². The molecular weight excluding hydrogens is 396 g/mol. The summed E-state index contributed by atoms with van der Waals surface area (Å²) in [5.74, 6) is 0.191. The minimum absolute atomic E-state index is 0.0241. The van der Waals surface area contributed by atoms with Gasteiger partial charge >= 0.3 is 0 Å². The molecule has 0 bridgehead atoms. The number of benzene rings is 2. The topological polar surface area (TPSA) is 102 Å². The Morgan fingerprint density at radius 3 is 2.61 bits per heavy atom. The lowest BCUT2D eigenvalue weighted by molar-refractivity contribution is -0.117. The van der Waals surface area contributed by atoms with E-state index in [1.165, 1.54) is 12.3 Å². The van der Waals surface area contributed by atoms with Crippen LogP contribution in [0.2, 0.25) is 0 Å². The first-order valence-electron chi connectivity index (χ1n) is 9.40. The third-order valence-electron chi connectivity index (χ3n) is 4.30. The molecule has 3 aromatic rings. The first kappa shape index (κ1) is 19.8. The fourth-order valence-corrected chi connectivity index (χ4v) is 2.79. The van der Waals surface area contributed by atoms with Crippen molar-refractivity contribution in [3.63, 3.8) is 0 Å². The predicted octanol–water partition coefficient (Wildman–Crippen LogP) is 2.73. The Balaban J connectivity index is 1.56. The van der Waals surface area contributed by atoms with Gasteiger partial charge in [0, 0.05) is 23.5 Å². The van der Waals surface area contributed by atoms with Crippen molar-refractivity contribution >= 4 is 24.1 Å². The Hall–Kier alpha value is -4.46. The third kappa shape index (κ3) is 5.13. The van der Waals surface area contributed by atoms with E-state index in [1.54, 1.807) is 73.1 Å². The summed E-state index contributed by atoms with van der Waals surface area (Å²) in [6, 6.07) is 17.4. The molecule has 8 heteroatoms. The molecule has 2 heterocycles. The van der Waals surface area contributed by atoms with Crippen LogP contribution in [0.1, 0.15) is 21.5 Å². The summed E-state index contributed by atoms with van der Waals surface area (Å²) in [4.78, 5) is 29.3. The fraction of sp³-hybridized carbons (Fsp3) is 0.0435. The van der Waals surface area contributed by atoms with Crippen molar-refractivity contribution in [1.82, 2.24) is 15.7 Å². The number of carbonyl (C=O) groups is 2. The Kier molecular flexibility index (Phi) is 5.99. The zero-order valence-corrected chi connectivity index (χ0v) is 16.3. The van der Waals surface area contributed by atoms with Crippen LogP contribution in [0, 0.1) is 0 Å². The van der Waals surface area contributed by atoms with Gasteiger partial charge in [0.05, 0.1) is 6.21 Å². The zero-order chi connectivity index (χ0) is 21.5. The molecule has 2 aromatic carbocycles. The number of ether oxygens (including phenoxy) is 2. The summed E-state index contributed by atoms with van der Waals surface area (Å²) in [7, 11) is 0. The van der Waals surface area contributed by atoms with Crippen molar-refractivity contribution in [1.29, 1.82) is 0 Å². The Morgan fingerprint density at radius 2 is 1.81 bits per heavy atom. The van der Waals surface area contributed by atoms with E-state index in [9.17, 15) is 9.59 Å². The van der Waals surface area contributed by atoms with Gasteiger partial charge in [-0.25, -0.2) is 5.43 Å². The molecule has 0 unspecified atom stereocenters. The molecule has 154 valence electrons. The van der Waals surface area contributed by atoms with Crippen LogP contribution in [0.4, 0.5) is 0 Å². The van der Waals surface area contributed by atoms with Crippen LogP contribution in [-0.4, -0.2) is 29.8 Å². The van der Waals surface area contributed by atoms with Crippen LogP contribution in [0.5, 0.6) is 11.5 Å². The number of amides is 2. The lowest BCUT2D eigenvalue weighted by atomic mass is 10.1. The maximum Gasteiger partial charge on any atom is 0.287 e. The SMILES string of the molecule is O=C(N/N=C\c1cccnc1)/C(=C\c1ccc2c(c1)OCO2)NC(=O)c1ccccc1. The first-order valence-corrected chi connectivity index (χ1v) is 9.40. The quantitative estimate of drug-likeness (QED) is 0.367. The van der Waals surface area contributed by atoms with Gasteiger partial charge in [-0.05, 0) is 42.0 Å². The molecule has 0 saturated heterocycles. The average molecular weight is 414 g/mol. The molecule has 1 aliphatic heterocycles. The molecule has 0 saturated carbocycles. The number of aromatic nitrogens is 1. The van der Waals surface area contributed by atoms with Gasteiger partial charge in [-0.15, -0.1) is 0 Å². The van der Waals surface area contributed by atoms with E-state index in [0.717, 1.165) is 5.56 Å². The van der Waals surface area contributed by atoms with Gasteiger partial charge < -0.3 is 14.8 Å². The molecule has 2 amide bonds. The maximum absolute atomic E-state index is 12.8. The van der Waals surface area contributed by atoms with E-state index in [1.807, 2.05) is 0 Å². The number of rotatable bonds is 6. The molecule has 4 rings (SSSR count). The van der Waals surface area contributed by atoms with Crippen LogP contribution in [0.15, 0.2) is 83.9 Å². The molecule has 0 aliphatic carbocycles. The molecule has 1 aliphatic rings. The smallest absolute Gasteiger partial charge is 0.287 e. The molecule has 0 spiro atoms. The van der Waals surface area contributed by atoms with Crippen molar-refractivity contribution in [2.24, 2.45) is 5.10 Å². The highest BCUT2D eigenvalue weighted by molar-refractivity contribution is 6.05. The van der Waals surface area contributed by atoms with Crippen molar-refractivity contribution < 1.29 is 19.1 Å². The van der Waals surface area contributed by atoms with Crippen molar-refractivity contribution in [3.8, 4) is 11.5 Å². The summed E-state index contributed by atoms with van der Waals surface area (Å²) in [5.41, 5.74) is 4.24. The lowest BCUT2D eigenvalue weighted by Crippen LogP contribution is -2.32. The summed E-state index contributed by atoms with van der Waals surface area (Å²) in [6.45, 7) is 0.143. The van der Waals surface area contributed by atoms with Gasteiger partial charge in [0.2, 0.25) is 6.79 Å². The van der Waals surface area contributed by atoms with Crippen LogP contribution in [-0.2, 0) is 4.79 Å². The fourth-order valence-electron chi connectivity index (χ4n) is 2.79. The maximum atomic E-state index is 12.8. The average Bonchev–Trinajstić information content (AvgIpc) is 3.28. The zero-order valence-electron chi connectivity index (χ0n) is 16.3. The standard InChI is InChI=1S/C23H18N4O4/c28-22(18-6-2-1-3-7-18)26-19(11-16-8-9-20-21(12-16)31-15-30-20)23(29)27-25-14-17-5-4-10-24-13-17/h1-14H,15H2,(H,26,28)(H,27,29)/b19-11+,25-14-. The van der Waals surface area contributed by atoms with E-state index in [-0.39, 0.29) is 12.5 Å². The Bertz CT molecular complexity index is 1140. The molecule has 0 fully saturated rings. The lowest BCUT2D eigenvalue weighted by Gasteiger charge is -2.09. The highest BCUT2D eigenvalue weighted by Gasteiger charge is 2.16. The molecule has 8 nitrogen and oxygen atoms in total. The monoisotopic (exact) mass is 414 g/mol. The molecule has 1 aromatic heterocycles. The first-order chi connectivity index (χ1) is 15.2. The second-order valence-electron chi connectivity index (χ2n) is 6.48. The number of hydrazone groups is 1. The molecule has 0 atom stereocenters. The van der Waals surface area contributed by atoms with Gasteiger partial charge in [0.25, 0.3) is 11.8 Å². The van der Waals surface area contributed by atoms with Crippen LogP contribution in [0.3, 0.4) is 0 Å². The van der Waals surface area contributed by atoms with Crippen molar-refractivity contribution in [2.75, 3.05) is 6.79 Å². The van der Waals surface area contributed by atoms with Gasteiger partial charge in [-0.1, -0.05) is 30.3 Å². The predicted molar refractivity (Wildman–Crippen MR) is 114 cm³/mol. The Morgan fingerprint density at radius 1 is 0.968 bits per heavy atom. The number of hydrogen-bond donors (Lipinski definition) is 2. The summed E-state index contributed by atoms with van der Waals surface area (Å²) >= 11 is 0. The van der Waals surface area contributed by atoms with Gasteiger partial charge in [-0.3, -0.25) is 14.6 Å². The second kappa shape index (κ2) is 9.36. The van der Waals surface area contributed by atoms with Crippen molar-refractivity contribution in [3.05, 3.63) is 95.4 Å². The summed E-state index contributed by atoms with van der Waals surface area (Å²) in [6.07, 6.45) is 6.25. The minimum Gasteiger partial charge on any atom is -0.454 e. The highest BCUT2D eigenvalue weighted by Crippen LogP contribution is 2.33. The van der Waals surface area contributed by atoms with Gasteiger partial charge in [-0.2, -0.15) is 5.10 Å². The molecule has 2 N–H and O–H groups in total. The number of pyridine rings is 1. The summed E-state index contributed by atoms with van der Waals surface area (Å²) < 4.78 is 10.7. The van der Waals surface area contributed by atoms with Gasteiger partial charge in [0.1, 0.15) is 5.70 Å². The number of carbonyl (C=O) groups excluding carboxylic acids is 2. The van der Waals surface area contributed by atoms with Crippen molar-refractivity contribution in [2.45, 2.75) is 0 Å². The van der Waals surface area contributed by atoms with E-state index in [4.69, 9.17) is 9.47 Å². The summed E-state index contributed by atoms with van der Waals surface area (Å²) in [5, 5.41) is 6.59. The molecular formula is C23H18N4O4. The number of fused-ring (bicyclic) bond motifs is 1. The van der Waals surface area contributed by atoms with E-state index < -0.39 is 11.8 Å². The van der Waals surface area contributed by atoms with Crippen LogP contribution >= 0.6 is 0 Å². The largest absolute Gasteiger partial charge is 0.454 e.